The van der Waals surface area contributed by atoms with Crippen LogP contribution in [0.3, 0.4) is 0 Å². The first-order valence-electron chi connectivity index (χ1n) is 5.87. The van der Waals surface area contributed by atoms with E-state index in [1.54, 1.807) is 6.92 Å². The first kappa shape index (κ1) is 13.7. The van der Waals surface area contributed by atoms with Gasteiger partial charge in [-0.15, -0.1) is 0 Å². The lowest BCUT2D eigenvalue weighted by Crippen LogP contribution is -2.39. The van der Waals surface area contributed by atoms with Crippen LogP contribution in [-0.2, 0) is 6.42 Å². The third-order valence-electron chi connectivity index (χ3n) is 3.01. The fraction of sp³-hybridized carbons (Fsp3) is 0.500. The molecular formula is C14H19NO2. The van der Waals surface area contributed by atoms with Gasteiger partial charge in [-0.3, -0.25) is 0 Å². The predicted octanol–water partition coefficient (Wildman–Crippen LogP) is 2.03. The maximum Gasteiger partial charge on any atom is 0.0887 e. The van der Waals surface area contributed by atoms with E-state index in [1.165, 1.54) is 0 Å². The summed E-state index contributed by atoms with van der Waals surface area (Å²) >= 11 is 0. The Balaban J connectivity index is 2.44. The molecule has 0 saturated carbocycles. The number of rotatable bonds is 6. The van der Waals surface area contributed by atoms with Crippen LogP contribution in [0.1, 0.15) is 31.7 Å². The molecule has 2 atom stereocenters. The van der Waals surface area contributed by atoms with Crippen LogP contribution in [0.2, 0.25) is 0 Å². The third kappa shape index (κ3) is 4.56. The molecule has 1 aromatic carbocycles. The summed E-state index contributed by atoms with van der Waals surface area (Å²) in [4.78, 5) is 0. The lowest BCUT2D eigenvalue weighted by molar-refractivity contribution is -0.0688. The smallest absolute Gasteiger partial charge is 0.0887 e. The molecule has 0 aliphatic carbocycles. The van der Waals surface area contributed by atoms with Crippen molar-refractivity contribution >= 4 is 0 Å². The minimum atomic E-state index is -1.18. The van der Waals surface area contributed by atoms with Crippen molar-refractivity contribution in [3.8, 4) is 6.07 Å². The highest BCUT2D eigenvalue weighted by atomic mass is 16.3. The molecule has 92 valence electrons. The molecule has 0 aliphatic rings. The van der Waals surface area contributed by atoms with E-state index in [0.29, 0.717) is 12.8 Å². The maximum atomic E-state index is 9.99. The number of nitriles is 1. The van der Waals surface area contributed by atoms with Crippen molar-refractivity contribution in [2.45, 2.75) is 44.3 Å². The van der Waals surface area contributed by atoms with E-state index in [2.05, 4.69) is 0 Å². The van der Waals surface area contributed by atoms with Crippen LogP contribution < -0.4 is 0 Å². The molecule has 1 rings (SSSR count). The van der Waals surface area contributed by atoms with Gasteiger partial charge in [0, 0.05) is 6.42 Å². The number of nitrogens with zero attached hydrogens (tertiary/aromatic N) is 1. The van der Waals surface area contributed by atoms with Gasteiger partial charge in [-0.25, -0.2) is 0 Å². The topological polar surface area (TPSA) is 64.2 Å². The summed E-state index contributed by atoms with van der Waals surface area (Å²) in [5.74, 6) is 0. The largest absolute Gasteiger partial charge is 0.390 e. The van der Waals surface area contributed by atoms with Crippen LogP contribution in [0.15, 0.2) is 30.3 Å². The van der Waals surface area contributed by atoms with Crippen molar-refractivity contribution in [1.82, 2.24) is 0 Å². The van der Waals surface area contributed by atoms with Crippen molar-refractivity contribution in [3.63, 3.8) is 0 Å². The molecule has 3 heteroatoms. The summed E-state index contributed by atoms with van der Waals surface area (Å²) in [6, 6.07) is 11.8. The molecule has 0 fully saturated rings. The van der Waals surface area contributed by atoms with Gasteiger partial charge in [0.1, 0.15) is 0 Å². The second kappa shape index (κ2) is 6.39. The van der Waals surface area contributed by atoms with Crippen LogP contribution in [0.4, 0.5) is 0 Å². The minimum absolute atomic E-state index is 0.259. The van der Waals surface area contributed by atoms with Crippen molar-refractivity contribution in [2.75, 3.05) is 0 Å². The Kier molecular flexibility index (Phi) is 5.14. The Bertz CT molecular complexity index is 368. The van der Waals surface area contributed by atoms with Gasteiger partial charge < -0.3 is 10.2 Å². The highest BCUT2D eigenvalue weighted by molar-refractivity contribution is 5.14. The molecule has 2 N–H and O–H groups in total. The molecule has 1 aromatic rings. The van der Waals surface area contributed by atoms with Crippen molar-refractivity contribution in [2.24, 2.45) is 0 Å². The van der Waals surface area contributed by atoms with E-state index >= 15 is 0 Å². The molecule has 17 heavy (non-hydrogen) atoms. The van der Waals surface area contributed by atoms with E-state index in [0.717, 1.165) is 12.0 Å². The van der Waals surface area contributed by atoms with Crippen LogP contribution in [0, 0.1) is 11.3 Å². The Morgan fingerprint density at radius 3 is 2.59 bits per heavy atom. The SMILES string of the molecule is C[C@](O)(CCC#N)[C@@H](O)CCc1ccccc1. The van der Waals surface area contributed by atoms with Gasteiger partial charge in [0.15, 0.2) is 0 Å². The average Bonchev–Trinajstić information content (AvgIpc) is 2.34. The summed E-state index contributed by atoms with van der Waals surface area (Å²) in [5.41, 5.74) is -0.0348. The molecule has 0 radical (unpaired) electrons. The van der Waals surface area contributed by atoms with E-state index in [4.69, 9.17) is 5.26 Å². The van der Waals surface area contributed by atoms with E-state index in [-0.39, 0.29) is 6.42 Å². The van der Waals surface area contributed by atoms with Gasteiger partial charge in [-0.1, -0.05) is 30.3 Å². The first-order valence-corrected chi connectivity index (χ1v) is 5.87. The van der Waals surface area contributed by atoms with Crippen LogP contribution in [-0.4, -0.2) is 21.9 Å². The summed E-state index contributed by atoms with van der Waals surface area (Å²) in [6.45, 7) is 1.58. The monoisotopic (exact) mass is 233 g/mol. The average molecular weight is 233 g/mol. The van der Waals surface area contributed by atoms with Crippen molar-refractivity contribution in [1.29, 1.82) is 5.26 Å². The number of benzene rings is 1. The molecule has 0 aromatic heterocycles. The summed E-state index contributed by atoms with van der Waals surface area (Å²) in [5, 5.41) is 28.4. The highest BCUT2D eigenvalue weighted by Crippen LogP contribution is 2.20. The maximum absolute atomic E-state index is 9.99. The second-order valence-corrected chi connectivity index (χ2v) is 4.56. The number of hydrogen-bond donors (Lipinski definition) is 2. The van der Waals surface area contributed by atoms with Gasteiger partial charge >= 0.3 is 0 Å². The summed E-state index contributed by atoms with van der Waals surface area (Å²) < 4.78 is 0. The van der Waals surface area contributed by atoms with Crippen LogP contribution in [0.25, 0.3) is 0 Å². The highest BCUT2D eigenvalue weighted by Gasteiger charge is 2.29. The lowest BCUT2D eigenvalue weighted by Gasteiger charge is -2.28. The Hall–Kier alpha value is -1.37. The van der Waals surface area contributed by atoms with Crippen LogP contribution >= 0.6 is 0 Å². The third-order valence-corrected chi connectivity index (χ3v) is 3.01. The van der Waals surface area contributed by atoms with E-state index in [1.807, 2.05) is 36.4 Å². The number of aliphatic hydroxyl groups is 2. The van der Waals surface area contributed by atoms with Crippen molar-refractivity contribution in [3.05, 3.63) is 35.9 Å². The molecule has 0 spiro atoms. The fourth-order valence-electron chi connectivity index (χ4n) is 1.73. The number of hydrogen-bond acceptors (Lipinski definition) is 3. The normalized spacial score (nSPS) is 15.9. The first-order chi connectivity index (χ1) is 8.06. The van der Waals surface area contributed by atoms with E-state index in [9.17, 15) is 10.2 Å². The van der Waals surface area contributed by atoms with Gasteiger partial charge in [0.05, 0.1) is 17.8 Å². The molecule has 0 bridgehead atoms. The number of aliphatic hydroxyl groups excluding tert-OH is 1. The van der Waals surface area contributed by atoms with Gasteiger partial charge in [-0.05, 0) is 31.7 Å². The Morgan fingerprint density at radius 2 is 2.00 bits per heavy atom. The summed E-state index contributed by atoms with van der Waals surface area (Å²) in [7, 11) is 0. The van der Waals surface area contributed by atoms with Crippen LogP contribution in [0.5, 0.6) is 0 Å². The standard InChI is InChI=1S/C14H19NO2/c1-14(17,10-5-11-15)13(16)9-8-12-6-3-2-4-7-12/h2-4,6-7,13,16-17H,5,8-10H2,1H3/t13-,14-/m0/s1. The fourth-order valence-corrected chi connectivity index (χ4v) is 1.73. The van der Waals surface area contributed by atoms with Gasteiger partial charge in [0.2, 0.25) is 0 Å². The predicted molar refractivity (Wildman–Crippen MR) is 66.2 cm³/mol. The molecule has 0 aliphatic heterocycles. The summed E-state index contributed by atoms with van der Waals surface area (Å²) in [6.07, 6.45) is 0.998. The van der Waals surface area contributed by atoms with Gasteiger partial charge in [0.25, 0.3) is 0 Å². The minimum Gasteiger partial charge on any atom is -0.390 e. The lowest BCUT2D eigenvalue weighted by atomic mass is 9.90. The molecule has 3 nitrogen and oxygen atoms in total. The molecular weight excluding hydrogens is 214 g/mol. The quantitative estimate of drug-likeness (QED) is 0.790. The molecule has 0 heterocycles. The second-order valence-electron chi connectivity index (χ2n) is 4.56. The van der Waals surface area contributed by atoms with Crippen molar-refractivity contribution < 1.29 is 10.2 Å². The zero-order valence-electron chi connectivity index (χ0n) is 10.1. The number of aryl methyl sites for hydroxylation is 1. The Morgan fingerprint density at radius 1 is 1.35 bits per heavy atom. The molecule has 0 saturated heterocycles. The molecule has 0 amide bonds. The van der Waals surface area contributed by atoms with E-state index < -0.39 is 11.7 Å². The molecule has 0 unspecified atom stereocenters. The Labute approximate surface area is 102 Å². The van der Waals surface area contributed by atoms with Gasteiger partial charge in [-0.2, -0.15) is 5.26 Å². The zero-order chi connectivity index (χ0) is 12.7. The zero-order valence-corrected chi connectivity index (χ0v) is 10.1.